The van der Waals surface area contributed by atoms with Gasteiger partial charge in [0.05, 0.1) is 0 Å². The van der Waals surface area contributed by atoms with Gasteiger partial charge in [-0.2, -0.15) is 0 Å². The molecule has 0 saturated heterocycles. The SMILES string of the molecule is Cc1cc(Br)ccc1NCCCCCCC(C)C. The number of anilines is 1. The van der Waals surface area contributed by atoms with Crippen molar-refractivity contribution in [1.82, 2.24) is 0 Å². The van der Waals surface area contributed by atoms with Gasteiger partial charge in [-0.05, 0) is 43.0 Å². The standard InChI is InChI=1S/C16H26BrN/c1-13(2)8-6-4-5-7-11-18-16-10-9-15(17)12-14(16)3/h9-10,12-13,18H,4-8,11H2,1-3H3. The van der Waals surface area contributed by atoms with Gasteiger partial charge >= 0.3 is 0 Å². The van der Waals surface area contributed by atoms with Gasteiger partial charge in [0.15, 0.2) is 0 Å². The second-order valence-corrected chi connectivity index (χ2v) is 6.40. The van der Waals surface area contributed by atoms with E-state index in [1.807, 2.05) is 0 Å². The van der Waals surface area contributed by atoms with Crippen LogP contribution in [-0.2, 0) is 0 Å². The molecule has 0 aromatic heterocycles. The molecule has 1 rings (SSSR count). The summed E-state index contributed by atoms with van der Waals surface area (Å²) in [5.41, 5.74) is 2.57. The number of halogens is 1. The van der Waals surface area contributed by atoms with Crippen LogP contribution in [-0.4, -0.2) is 6.54 Å². The van der Waals surface area contributed by atoms with Gasteiger partial charge in [-0.1, -0.05) is 55.5 Å². The van der Waals surface area contributed by atoms with Crippen LogP contribution in [0, 0.1) is 12.8 Å². The second kappa shape index (κ2) is 8.58. The van der Waals surface area contributed by atoms with Crippen LogP contribution in [0.4, 0.5) is 5.69 Å². The highest BCUT2D eigenvalue weighted by atomic mass is 79.9. The minimum Gasteiger partial charge on any atom is -0.385 e. The number of hydrogen-bond donors (Lipinski definition) is 1. The van der Waals surface area contributed by atoms with Gasteiger partial charge in [0.25, 0.3) is 0 Å². The molecule has 0 spiro atoms. The first-order valence-electron chi connectivity index (χ1n) is 7.09. The van der Waals surface area contributed by atoms with Crippen molar-refractivity contribution in [3.63, 3.8) is 0 Å². The molecule has 0 bridgehead atoms. The van der Waals surface area contributed by atoms with Crippen molar-refractivity contribution in [3.05, 3.63) is 28.2 Å². The Morgan fingerprint density at radius 3 is 2.50 bits per heavy atom. The molecule has 0 fully saturated rings. The van der Waals surface area contributed by atoms with E-state index in [-0.39, 0.29) is 0 Å². The van der Waals surface area contributed by atoms with E-state index in [2.05, 4.69) is 60.2 Å². The maximum atomic E-state index is 3.52. The minimum atomic E-state index is 0.855. The normalized spacial score (nSPS) is 10.9. The summed E-state index contributed by atoms with van der Waals surface area (Å²) in [6.07, 6.45) is 6.75. The van der Waals surface area contributed by atoms with Crippen LogP contribution in [0.25, 0.3) is 0 Å². The topological polar surface area (TPSA) is 12.0 Å². The molecule has 0 radical (unpaired) electrons. The average Bonchev–Trinajstić information content (AvgIpc) is 2.30. The average molecular weight is 312 g/mol. The molecule has 0 heterocycles. The van der Waals surface area contributed by atoms with Crippen molar-refractivity contribution in [2.24, 2.45) is 5.92 Å². The number of rotatable bonds is 8. The third-order valence-corrected chi connectivity index (χ3v) is 3.71. The van der Waals surface area contributed by atoms with E-state index >= 15 is 0 Å². The van der Waals surface area contributed by atoms with Gasteiger partial charge in [-0.15, -0.1) is 0 Å². The van der Waals surface area contributed by atoms with Crippen LogP contribution >= 0.6 is 15.9 Å². The largest absolute Gasteiger partial charge is 0.385 e. The monoisotopic (exact) mass is 311 g/mol. The maximum absolute atomic E-state index is 3.52. The molecule has 1 aromatic carbocycles. The molecule has 18 heavy (non-hydrogen) atoms. The van der Waals surface area contributed by atoms with Crippen molar-refractivity contribution in [1.29, 1.82) is 0 Å². The molecule has 0 unspecified atom stereocenters. The predicted octanol–water partition coefficient (Wildman–Crippen LogP) is 5.78. The van der Waals surface area contributed by atoms with Crippen LogP contribution in [0.15, 0.2) is 22.7 Å². The van der Waals surface area contributed by atoms with E-state index in [0.29, 0.717) is 0 Å². The summed E-state index contributed by atoms with van der Waals surface area (Å²) in [6.45, 7) is 7.84. The van der Waals surface area contributed by atoms with Crippen LogP contribution < -0.4 is 5.32 Å². The summed E-state index contributed by atoms with van der Waals surface area (Å²) in [6, 6.07) is 6.40. The molecule has 2 heteroatoms. The molecule has 0 aliphatic rings. The van der Waals surface area contributed by atoms with Crippen molar-refractivity contribution < 1.29 is 0 Å². The Morgan fingerprint density at radius 1 is 1.11 bits per heavy atom. The van der Waals surface area contributed by atoms with E-state index < -0.39 is 0 Å². The zero-order chi connectivity index (χ0) is 13.4. The third-order valence-electron chi connectivity index (χ3n) is 3.21. The minimum absolute atomic E-state index is 0.855. The van der Waals surface area contributed by atoms with Crippen molar-refractivity contribution >= 4 is 21.6 Å². The van der Waals surface area contributed by atoms with E-state index in [9.17, 15) is 0 Å². The van der Waals surface area contributed by atoms with Gasteiger partial charge in [-0.3, -0.25) is 0 Å². The number of unbranched alkanes of at least 4 members (excludes halogenated alkanes) is 3. The lowest BCUT2D eigenvalue weighted by Crippen LogP contribution is -2.02. The smallest absolute Gasteiger partial charge is 0.0370 e. The zero-order valence-electron chi connectivity index (χ0n) is 11.9. The van der Waals surface area contributed by atoms with Gasteiger partial charge in [-0.25, -0.2) is 0 Å². The highest BCUT2D eigenvalue weighted by Gasteiger charge is 1.98. The van der Waals surface area contributed by atoms with E-state index in [4.69, 9.17) is 0 Å². The lowest BCUT2D eigenvalue weighted by molar-refractivity contribution is 0.523. The molecular formula is C16H26BrN. The number of aryl methyl sites for hydroxylation is 1. The molecule has 102 valence electrons. The molecule has 1 nitrogen and oxygen atoms in total. The van der Waals surface area contributed by atoms with Gasteiger partial charge < -0.3 is 5.32 Å². The predicted molar refractivity (Wildman–Crippen MR) is 85.3 cm³/mol. The first kappa shape index (κ1) is 15.6. The lowest BCUT2D eigenvalue weighted by atomic mass is 10.0. The molecule has 1 aromatic rings. The first-order chi connectivity index (χ1) is 8.59. The summed E-state index contributed by atoms with van der Waals surface area (Å²) in [5, 5.41) is 3.52. The fraction of sp³-hybridized carbons (Fsp3) is 0.625. The Labute approximate surface area is 120 Å². The molecule has 1 N–H and O–H groups in total. The summed E-state index contributed by atoms with van der Waals surface area (Å²) in [5.74, 6) is 0.855. The first-order valence-corrected chi connectivity index (χ1v) is 7.89. The lowest BCUT2D eigenvalue weighted by Gasteiger charge is -2.10. The second-order valence-electron chi connectivity index (χ2n) is 5.48. The Balaban J connectivity index is 2.11. The third kappa shape index (κ3) is 6.44. The Bertz CT molecular complexity index is 347. The Hall–Kier alpha value is -0.500. The Morgan fingerprint density at radius 2 is 1.83 bits per heavy atom. The zero-order valence-corrected chi connectivity index (χ0v) is 13.5. The Kier molecular flexibility index (Phi) is 7.41. The van der Waals surface area contributed by atoms with Crippen molar-refractivity contribution in [2.75, 3.05) is 11.9 Å². The molecule has 0 atom stereocenters. The molecule has 0 aliphatic carbocycles. The van der Waals surface area contributed by atoms with Gasteiger partial charge in [0, 0.05) is 16.7 Å². The summed E-state index contributed by atoms with van der Waals surface area (Å²) in [7, 11) is 0. The van der Waals surface area contributed by atoms with Crippen LogP contribution in [0.2, 0.25) is 0 Å². The van der Waals surface area contributed by atoms with Crippen LogP contribution in [0.1, 0.15) is 51.5 Å². The summed E-state index contributed by atoms with van der Waals surface area (Å²) in [4.78, 5) is 0. The molecular weight excluding hydrogens is 286 g/mol. The van der Waals surface area contributed by atoms with Crippen molar-refractivity contribution in [2.45, 2.75) is 52.9 Å². The fourth-order valence-corrected chi connectivity index (χ4v) is 2.56. The molecule has 0 amide bonds. The maximum Gasteiger partial charge on any atom is 0.0370 e. The fourth-order valence-electron chi connectivity index (χ4n) is 2.08. The van der Waals surface area contributed by atoms with Crippen LogP contribution in [0.3, 0.4) is 0 Å². The molecule has 0 saturated carbocycles. The van der Waals surface area contributed by atoms with E-state index in [0.717, 1.165) is 16.9 Å². The van der Waals surface area contributed by atoms with Crippen LogP contribution in [0.5, 0.6) is 0 Å². The quantitative estimate of drug-likeness (QED) is 0.600. The van der Waals surface area contributed by atoms with Crippen molar-refractivity contribution in [3.8, 4) is 0 Å². The van der Waals surface area contributed by atoms with E-state index in [1.54, 1.807) is 0 Å². The number of nitrogens with one attached hydrogen (secondary N) is 1. The summed E-state index contributed by atoms with van der Waals surface area (Å²) >= 11 is 3.49. The highest BCUT2D eigenvalue weighted by molar-refractivity contribution is 9.10. The number of hydrogen-bond acceptors (Lipinski definition) is 1. The van der Waals surface area contributed by atoms with E-state index in [1.165, 1.54) is 43.4 Å². The molecule has 0 aliphatic heterocycles. The van der Waals surface area contributed by atoms with Gasteiger partial charge in [0.2, 0.25) is 0 Å². The summed E-state index contributed by atoms with van der Waals surface area (Å²) < 4.78 is 1.15. The highest BCUT2D eigenvalue weighted by Crippen LogP contribution is 2.20. The van der Waals surface area contributed by atoms with Gasteiger partial charge in [0.1, 0.15) is 0 Å². The number of benzene rings is 1.